The van der Waals surface area contributed by atoms with Crippen molar-refractivity contribution in [3.63, 3.8) is 0 Å². The molecule has 4 nitrogen and oxygen atoms in total. The molecule has 0 radical (unpaired) electrons. The van der Waals surface area contributed by atoms with Crippen LogP contribution in [0.4, 0.5) is 0 Å². The van der Waals surface area contributed by atoms with E-state index < -0.39 is 0 Å². The molecule has 0 unspecified atom stereocenters. The highest BCUT2D eigenvalue weighted by Crippen LogP contribution is 2.25. The number of hydrogen-bond donors (Lipinski definition) is 0. The first kappa shape index (κ1) is 11.4. The molecule has 0 fully saturated rings. The lowest BCUT2D eigenvalue weighted by Gasteiger charge is -2.07. The minimum absolute atomic E-state index is 0.345. The Hall–Kier alpha value is -2.10. The minimum atomic E-state index is -0.345. The van der Waals surface area contributed by atoms with E-state index in [-0.39, 0.29) is 5.97 Å². The lowest BCUT2D eigenvalue weighted by atomic mass is 10.2. The Balaban J connectivity index is 2.54. The van der Waals surface area contributed by atoms with Crippen LogP contribution in [0, 0.1) is 6.92 Å². The van der Waals surface area contributed by atoms with E-state index in [0.717, 1.165) is 16.7 Å². The molecule has 0 aliphatic heterocycles. The fraction of sp³-hybridized carbons (Fsp3) is 0.231. The number of esters is 1. The maximum absolute atomic E-state index is 10.9. The van der Waals surface area contributed by atoms with E-state index in [9.17, 15) is 4.79 Å². The minimum Gasteiger partial charge on any atom is -0.497 e. The number of hydrogen-bond acceptors (Lipinski definition) is 4. The van der Waals surface area contributed by atoms with Crippen LogP contribution in [0.5, 0.6) is 11.5 Å². The fourth-order valence-electron chi connectivity index (χ4n) is 1.61. The first-order valence-electron chi connectivity index (χ1n) is 5.24. The number of methoxy groups -OCH3 is 1. The number of aryl methyl sites for hydroxylation is 1. The van der Waals surface area contributed by atoms with E-state index in [1.807, 2.05) is 18.2 Å². The van der Waals surface area contributed by atoms with Crippen molar-refractivity contribution in [3.05, 3.63) is 30.0 Å². The number of aromatic nitrogens is 1. The van der Waals surface area contributed by atoms with Crippen LogP contribution < -0.4 is 9.47 Å². The Kier molecular flexibility index (Phi) is 2.95. The van der Waals surface area contributed by atoms with Gasteiger partial charge < -0.3 is 9.47 Å². The third-order valence-corrected chi connectivity index (χ3v) is 2.42. The molecule has 1 heterocycles. The van der Waals surface area contributed by atoms with E-state index in [1.165, 1.54) is 6.92 Å². The molecule has 0 saturated carbocycles. The summed E-state index contributed by atoms with van der Waals surface area (Å²) in [5, 5.41) is 0.910. The van der Waals surface area contributed by atoms with Crippen molar-refractivity contribution < 1.29 is 14.3 Å². The van der Waals surface area contributed by atoms with Crippen LogP contribution in [0.15, 0.2) is 24.3 Å². The second-order valence-electron chi connectivity index (χ2n) is 3.72. The normalized spacial score (nSPS) is 10.3. The van der Waals surface area contributed by atoms with Gasteiger partial charge in [0.05, 0.1) is 18.3 Å². The maximum atomic E-state index is 10.9. The van der Waals surface area contributed by atoms with Crippen molar-refractivity contribution >= 4 is 16.9 Å². The van der Waals surface area contributed by atoms with Crippen LogP contribution in [0.1, 0.15) is 12.6 Å². The first-order valence-corrected chi connectivity index (χ1v) is 5.24. The van der Waals surface area contributed by atoms with Crippen LogP contribution >= 0.6 is 0 Å². The predicted molar refractivity (Wildman–Crippen MR) is 64.3 cm³/mol. The summed E-state index contributed by atoms with van der Waals surface area (Å²) in [6.07, 6.45) is 0. The van der Waals surface area contributed by atoms with Gasteiger partial charge in [0.25, 0.3) is 0 Å². The predicted octanol–water partition coefficient (Wildman–Crippen LogP) is 2.48. The van der Waals surface area contributed by atoms with Crippen molar-refractivity contribution in [3.8, 4) is 11.5 Å². The van der Waals surface area contributed by atoms with Gasteiger partial charge in [-0.3, -0.25) is 4.79 Å². The molecule has 2 aromatic rings. The molecule has 0 saturated heterocycles. The molecule has 0 spiro atoms. The van der Waals surface area contributed by atoms with Gasteiger partial charge in [-0.05, 0) is 25.1 Å². The molecular formula is C13H13NO3. The van der Waals surface area contributed by atoms with Crippen molar-refractivity contribution in [1.29, 1.82) is 0 Å². The summed E-state index contributed by atoms with van der Waals surface area (Å²) < 4.78 is 10.2. The number of carbonyl (C=O) groups excluding carboxylic acids is 1. The lowest BCUT2D eigenvalue weighted by molar-refractivity contribution is -0.131. The van der Waals surface area contributed by atoms with Crippen LogP contribution in [-0.2, 0) is 4.79 Å². The summed E-state index contributed by atoms with van der Waals surface area (Å²) >= 11 is 0. The Morgan fingerprint density at radius 1 is 1.29 bits per heavy atom. The summed E-state index contributed by atoms with van der Waals surface area (Å²) in [5.41, 5.74) is 1.50. The smallest absolute Gasteiger partial charge is 0.308 e. The highest BCUT2D eigenvalue weighted by molar-refractivity contribution is 5.82. The Bertz CT molecular complexity index is 578. The van der Waals surface area contributed by atoms with Crippen LogP contribution in [-0.4, -0.2) is 18.1 Å². The summed E-state index contributed by atoms with van der Waals surface area (Å²) in [6, 6.07) is 7.38. The number of benzene rings is 1. The fourth-order valence-corrected chi connectivity index (χ4v) is 1.61. The number of carbonyl (C=O) groups is 1. The molecule has 2 rings (SSSR count). The monoisotopic (exact) mass is 231 g/mol. The van der Waals surface area contributed by atoms with Crippen molar-refractivity contribution in [2.75, 3.05) is 7.11 Å². The molecular weight excluding hydrogens is 218 g/mol. The van der Waals surface area contributed by atoms with E-state index in [1.54, 1.807) is 20.1 Å². The zero-order chi connectivity index (χ0) is 12.4. The Morgan fingerprint density at radius 2 is 2.06 bits per heavy atom. The maximum Gasteiger partial charge on any atom is 0.308 e. The third-order valence-electron chi connectivity index (χ3n) is 2.42. The van der Waals surface area contributed by atoms with Gasteiger partial charge in [0.15, 0.2) is 5.75 Å². The first-order chi connectivity index (χ1) is 8.10. The average molecular weight is 231 g/mol. The topological polar surface area (TPSA) is 48.4 Å². The average Bonchev–Trinajstić information content (AvgIpc) is 2.29. The summed E-state index contributed by atoms with van der Waals surface area (Å²) in [4.78, 5) is 15.3. The largest absolute Gasteiger partial charge is 0.497 e. The van der Waals surface area contributed by atoms with Crippen molar-refractivity contribution in [2.24, 2.45) is 0 Å². The van der Waals surface area contributed by atoms with Gasteiger partial charge in [-0.25, -0.2) is 4.98 Å². The zero-order valence-electron chi connectivity index (χ0n) is 9.98. The summed E-state index contributed by atoms with van der Waals surface area (Å²) in [6.45, 7) is 3.18. The SMILES string of the molecule is COc1ccc2cc(OC(C)=O)c(C)nc2c1. The molecule has 0 aliphatic carbocycles. The van der Waals surface area contributed by atoms with Crippen molar-refractivity contribution in [1.82, 2.24) is 4.98 Å². The number of rotatable bonds is 2. The Morgan fingerprint density at radius 3 is 2.71 bits per heavy atom. The number of ether oxygens (including phenoxy) is 2. The molecule has 0 atom stereocenters. The highest BCUT2D eigenvalue weighted by atomic mass is 16.5. The van der Waals surface area contributed by atoms with Gasteiger partial charge in [-0.1, -0.05) is 0 Å². The summed E-state index contributed by atoms with van der Waals surface area (Å²) in [7, 11) is 1.61. The second-order valence-corrected chi connectivity index (χ2v) is 3.72. The Labute approximate surface area is 99.2 Å². The molecule has 0 aliphatic rings. The van der Waals surface area contributed by atoms with E-state index in [4.69, 9.17) is 9.47 Å². The van der Waals surface area contributed by atoms with Gasteiger partial charge in [-0.15, -0.1) is 0 Å². The molecule has 0 N–H and O–H groups in total. The van der Waals surface area contributed by atoms with Gasteiger partial charge in [0.2, 0.25) is 0 Å². The number of fused-ring (bicyclic) bond motifs is 1. The van der Waals surface area contributed by atoms with E-state index in [0.29, 0.717) is 11.4 Å². The molecule has 17 heavy (non-hydrogen) atoms. The molecule has 4 heteroatoms. The highest BCUT2D eigenvalue weighted by Gasteiger charge is 2.07. The van der Waals surface area contributed by atoms with E-state index in [2.05, 4.69) is 4.98 Å². The van der Waals surface area contributed by atoms with Gasteiger partial charge >= 0.3 is 5.97 Å². The second kappa shape index (κ2) is 4.41. The van der Waals surface area contributed by atoms with Crippen LogP contribution in [0.25, 0.3) is 10.9 Å². The standard InChI is InChI=1S/C13H13NO3/c1-8-13(17-9(2)15)6-10-4-5-11(16-3)7-12(10)14-8/h4-7H,1-3H3. The van der Waals surface area contributed by atoms with Crippen LogP contribution in [0.2, 0.25) is 0 Å². The number of pyridine rings is 1. The van der Waals surface area contributed by atoms with Crippen LogP contribution in [0.3, 0.4) is 0 Å². The molecule has 88 valence electrons. The van der Waals surface area contributed by atoms with Gasteiger partial charge in [-0.2, -0.15) is 0 Å². The van der Waals surface area contributed by atoms with Crippen molar-refractivity contribution in [2.45, 2.75) is 13.8 Å². The van der Waals surface area contributed by atoms with Gasteiger partial charge in [0, 0.05) is 18.4 Å². The molecule has 0 amide bonds. The van der Waals surface area contributed by atoms with E-state index >= 15 is 0 Å². The zero-order valence-corrected chi connectivity index (χ0v) is 9.98. The quantitative estimate of drug-likeness (QED) is 0.745. The third kappa shape index (κ3) is 2.36. The lowest BCUT2D eigenvalue weighted by Crippen LogP contribution is -2.03. The number of nitrogens with zero attached hydrogens (tertiary/aromatic N) is 1. The summed E-state index contributed by atoms with van der Waals surface area (Å²) in [5.74, 6) is 0.905. The molecule has 1 aromatic carbocycles. The molecule has 0 bridgehead atoms. The molecule has 1 aromatic heterocycles. The van der Waals surface area contributed by atoms with Gasteiger partial charge in [0.1, 0.15) is 5.75 Å².